The summed E-state index contributed by atoms with van der Waals surface area (Å²) in [6, 6.07) is 6.08. The molecule has 8 nitrogen and oxygen atoms in total. The van der Waals surface area contributed by atoms with Gasteiger partial charge in [-0.1, -0.05) is 68.4 Å². The highest BCUT2D eigenvalue weighted by Gasteiger charge is 2.47. The predicted octanol–water partition coefficient (Wildman–Crippen LogP) is 4.68. The number of amides is 1. The van der Waals surface area contributed by atoms with Gasteiger partial charge in [0.05, 0.1) is 25.4 Å². The number of ether oxygens (including phenoxy) is 3. The molecule has 3 rings (SSSR count). The largest absolute Gasteiger partial charge is 0.496 e. The van der Waals surface area contributed by atoms with Crippen LogP contribution in [0.2, 0.25) is 0 Å². The molecule has 1 saturated heterocycles. The summed E-state index contributed by atoms with van der Waals surface area (Å²) < 4.78 is 17.4. The maximum absolute atomic E-state index is 12.8. The highest BCUT2D eigenvalue weighted by Crippen LogP contribution is 2.40. The Balaban J connectivity index is 1.50. The second kappa shape index (κ2) is 16.4. The maximum Gasteiger partial charge on any atom is 0.250 e. The molecule has 0 saturated carbocycles. The molecule has 1 amide bonds. The van der Waals surface area contributed by atoms with Crippen LogP contribution in [0.15, 0.2) is 54.2 Å². The number of aryl methyl sites for hydroxylation is 1. The molecule has 42 heavy (non-hydrogen) atoms. The lowest BCUT2D eigenvalue weighted by Gasteiger charge is -2.47. The lowest BCUT2D eigenvalue weighted by atomic mass is 9.74. The number of unbranched alkanes of at least 4 members (excludes halogenated alkanes) is 1. The molecule has 8 heteroatoms. The fourth-order valence-corrected chi connectivity index (χ4v) is 5.73. The number of hydrogen-bond donors (Lipinski definition) is 4. The zero-order valence-electron chi connectivity index (χ0n) is 25.9. The van der Waals surface area contributed by atoms with Crippen LogP contribution in [0.1, 0.15) is 76.3 Å². The van der Waals surface area contributed by atoms with Crippen molar-refractivity contribution in [3.8, 4) is 5.75 Å². The van der Waals surface area contributed by atoms with E-state index in [1.165, 1.54) is 12.7 Å². The summed E-state index contributed by atoms with van der Waals surface area (Å²) >= 11 is 0. The number of rotatable bonds is 15. The lowest BCUT2D eigenvalue weighted by Crippen LogP contribution is -2.58. The smallest absolute Gasteiger partial charge is 0.250 e. The van der Waals surface area contributed by atoms with Gasteiger partial charge in [0.2, 0.25) is 0 Å². The van der Waals surface area contributed by atoms with Crippen molar-refractivity contribution in [2.24, 2.45) is 5.41 Å². The average Bonchev–Trinajstić information content (AvgIpc) is 3.25. The quantitative estimate of drug-likeness (QED) is 0.174. The van der Waals surface area contributed by atoms with E-state index in [1.54, 1.807) is 7.11 Å². The van der Waals surface area contributed by atoms with Crippen molar-refractivity contribution in [2.75, 3.05) is 14.2 Å². The summed E-state index contributed by atoms with van der Waals surface area (Å²) in [5, 5.41) is 35.2. The zero-order valence-corrected chi connectivity index (χ0v) is 25.9. The number of carbonyl (C=O) groups is 1. The molecule has 4 N–H and O–H groups in total. The van der Waals surface area contributed by atoms with Gasteiger partial charge in [-0.05, 0) is 62.6 Å². The van der Waals surface area contributed by atoms with Gasteiger partial charge in [0, 0.05) is 25.4 Å². The first-order chi connectivity index (χ1) is 20.1. The highest BCUT2D eigenvalue weighted by molar-refractivity contribution is 5.80. The summed E-state index contributed by atoms with van der Waals surface area (Å²) in [4.78, 5) is 12.8. The molecule has 234 valence electrons. The monoisotopic (exact) mass is 585 g/mol. The first kappa shape index (κ1) is 34.0. The fourth-order valence-electron chi connectivity index (χ4n) is 5.73. The van der Waals surface area contributed by atoms with Crippen molar-refractivity contribution < 1.29 is 34.3 Å². The van der Waals surface area contributed by atoms with Gasteiger partial charge in [-0.15, -0.1) is 0 Å². The minimum atomic E-state index is -1.20. The van der Waals surface area contributed by atoms with E-state index in [4.69, 9.17) is 14.2 Å². The molecular weight excluding hydrogens is 534 g/mol. The van der Waals surface area contributed by atoms with Crippen LogP contribution in [0, 0.1) is 12.3 Å². The fraction of sp³-hybridized carbons (Fsp3) is 0.618. The van der Waals surface area contributed by atoms with Gasteiger partial charge in [-0.2, -0.15) is 0 Å². The van der Waals surface area contributed by atoms with E-state index in [1.807, 2.05) is 50.3 Å². The van der Waals surface area contributed by atoms with E-state index < -0.39 is 48.1 Å². The Morgan fingerprint density at radius 3 is 2.67 bits per heavy atom. The number of aliphatic hydroxyl groups excluding tert-OH is 3. The number of carbonyl (C=O) groups excluding carboxylic acids is 1. The Morgan fingerprint density at radius 2 is 1.93 bits per heavy atom. The molecule has 0 radical (unpaired) electrons. The lowest BCUT2D eigenvalue weighted by molar-refractivity contribution is -0.214. The third-order valence-electron chi connectivity index (χ3n) is 8.78. The zero-order chi connectivity index (χ0) is 30.7. The molecule has 2 aliphatic rings. The van der Waals surface area contributed by atoms with Gasteiger partial charge in [-0.3, -0.25) is 4.79 Å². The van der Waals surface area contributed by atoms with Gasteiger partial charge in [0.15, 0.2) is 6.23 Å². The number of aliphatic hydroxyl groups is 3. The van der Waals surface area contributed by atoms with Crippen LogP contribution in [0.25, 0.3) is 0 Å². The second-order valence-electron chi connectivity index (χ2n) is 12.1. The van der Waals surface area contributed by atoms with E-state index in [9.17, 15) is 20.1 Å². The van der Waals surface area contributed by atoms with Crippen molar-refractivity contribution >= 4 is 5.91 Å². The molecule has 1 aliphatic heterocycles. The first-order valence-corrected chi connectivity index (χ1v) is 15.2. The Kier molecular flexibility index (Phi) is 13.3. The van der Waals surface area contributed by atoms with E-state index in [0.717, 1.165) is 42.6 Å². The molecule has 1 aromatic carbocycles. The van der Waals surface area contributed by atoms with Crippen LogP contribution in [-0.2, 0) is 20.7 Å². The minimum absolute atomic E-state index is 0.263. The Bertz CT molecular complexity index is 1100. The van der Waals surface area contributed by atoms with E-state index in [0.29, 0.717) is 19.3 Å². The number of benzene rings is 1. The van der Waals surface area contributed by atoms with E-state index in [2.05, 4.69) is 24.4 Å². The molecule has 4 unspecified atom stereocenters. The predicted molar refractivity (Wildman–Crippen MR) is 164 cm³/mol. The summed E-state index contributed by atoms with van der Waals surface area (Å²) in [5.41, 5.74) is 2.89. The van der Waals surface area contributed by atoms with Crippen LogP contribution >= 0.6 is 0 Å². The van der Waals surface area contributed by atoms with Crippen molar-refractivity contribution in [1.29, 1.82) is 0 Å². The molecule has 0 aromatic heterocycles. The van der Waals surface area contributed by atoms with E-state index >= 15 is 0 Å². The standard InChI is InChI=1S/C34H51NO7/c1-23-25(16-12-18-28(23)40-4)15-10-11-17-26(36)21-31-34(2,3)30(38)22-29(42-31)33(41-5)35-32(39)27(37)20-19-24-13-8-6-7-9-14-24/h6-8,12-14,16,18,26-27,29-31,33,36-38H,9-11,15,17,19-22H2,1-5H3,(H,35,39)/t26-,27?,29+,30?,31?,33?/m1/s1. The molecular formula is C34H51NO7. The van der Waals surface area contributed by atoms with Crippen LogP contribution in [0.4, 0.5) is 0 Å². The van der Waals surface area contributed by atoms with Crippen molar-refractivity contribution in [3.05, 3.63) is 65.3 Å². The van der Waals surface area contributed by atoms with Crippen molar-refractivity contribution in [3.63, 3.8) is 0 Å². The topological polar surface area (TPSA) is 117 Å². The SMILES string of the molecule is COc1cccc(CCCC[C@@H](O)CC2O[C@H](C(NC(=O)C(O)CCC3=CCC=CC=C3)OC)CC(O)C2(C)C)c1C. The van der Waals surface area contributed by atoms with Gasteiger partial charge in [-0.25, -0.2) is 0 Å². The maximum atomic E-state index is 12.8. The van der Waals surface area contributed by atoms with Crippen LogP contribution in [0.5, 0.6) is 5.75 Å². The number of nitrogens with one attached hydrogen (secondary N) is 1. The molecule has 0 bridgehead atoms. The normalized spacial score (nSPS) is 23.9. The number of hydrogen-bond acceptors (Lipinski definition) is 7. The summed E-state index contributed by atoms with van der Waals surface area (Å²) in [7, 11) is 3.15. The Morgan fingerprint density at radius 1 is 1.14 bits per heavy atom. The second-order valence-corrected chi connectivity index (χ2v) is 12.1. The van der Waals surface area contributed by atoms with Crippen LogP contribution in [0.3, 0.4) is 0 Å². The Labute approximate surface area is 251 Å². The van der Waals surface area contributed by atoms with Gasteiger partial charge in [0.1, 0.15) is 18.0 Å². The third kappa shape index (κ3) is 9.51. The molecule has 1 aromatic rings. The van der Waals surface area contributed by atoms with Crippen molar-refractivity contribution in [2.45, 2.75) is 115 Å². The van der Waals surface area contributed by atoms with Crippen LogP contribution < -0.4 is 10.1 Å². The van der Waals surface area contributed by atoms with Gasteiger partial charge < -0.3 is 34.8 Å². The molecule has 1 aliphatic carbocycles. The van der Waals surface area contributed by atoms with Gasteiger partial charge >= 0.3 is 0 Å². The van der Waals surface area contributed by atoms with E-state index in [-0.39, 0.29) is 12.8 Å². The molecule has 0 spiro atoms. The third-order valence-corrected chi connectivity index (χ3v) is 8.78. The summed E-state index contributed by atoms with van der Waals surface area (Å²) in [6.45, 7) is 5.94. The van der Waals surface area contributed by atoms with Crippen LogP contribution in [-0.4, -0.2) is 72.2 Å². The summed E-state index contributed by atoms with van der Waals surface area (Å²) in [6.07, 6.45) is 11.3. The first-order valence-electron chi connectivity index (χ1n) is 15.2. The molecule has 1 fully saturated rings. The van der Waals surface area contributed by atoms with Gasteiger partial charge in [0.25, 0.3) is 5.91 Å². The number of allylic oxidation sites excluding steroid dienone is 6. The van der Waals surface area contributed by atoms with Crippen molar-refractivity contribution in [1.82, 2.24) is 5.32 Å². The minimum Gasteiger partial charge on any atom is -0.496 e. The summed E-state index contributed by atoms with van der Waals surface area (Å²) in [5.74, 6) is 0.351. The average molecular weight is 586 g/mol. The molecule has 6 atom stereocenters. The molecule has 1 heterocycles. The number of methoxy groups -OCH3 is 2. The Hall–Kier alpha value is -2.49. The highest BCUT2D eigenvalue weighted by atomic mass is 16.6.